The molecule has 0 aliphatic heterocycles. The van der Waals surface area contributed by atoms with Crippen LogP contribution in [0.15, 0.2) is 46.9 Å². The number of hydrogen-bond acceptors (Lipinski definition) is 3. The smallest absolute Gasteiger partial charge is 0.262 e. The molecule has 2 atom stereocenters. The molecule has 0 fully saturated rings. The van der Waals surface area contributed by atoms with Gasteiger partial charge in [-0.1, -0.05) is 51.3 Å². The van der Waals surface area contributed by atoms with E-state index >= 15 is 0 Å². The Hall–Kier alpha value is -1.74. The zero-order valence-corrected chi connectivity index (χ0v) is 16.6. The van der Waals surface area contributed by atoms with Crippen LogP contribution in [-0.2, 0) is 10.3 Å². The second-order valence-corrected chi connectivity index (χ2v) is 7.33. The lowest BCUT2D eigenvalue weighted by molar-refractivity contribution is -0.128. The van der Waals surface area contributed by atoms with Gasteiger partial charge in [-0.2, -0.15) is 5.26 Å². The SMILES string of the molecule is CC(Oc1ccc(Cl)cc1Cl)C(=O)NC(C)(C#N)c1cccc(Br)c1. The summed E-state index contributed by atoms with van der Waals surface area (Å²) in [6, 6.07) is 14.1. The molecule has 4 nitrogen and oxygen atoms in total. The largest absolute Gasteiger partial charge is 0.479 e. The van der Waals surface area contributed by atoms with Crippen LogP contribution in [0.3, 0.4) is 0 Å². The van der Waals surface area contributed by atoms with Gasteiger partial charge in [0.1, 0.15) is 11.3 Å². The molecule has 25 heavy (non-hydrogen) atoms. The Balaban J connectivity index is 2.15. The second-order valence-electron chi connectivity index (χ2n) is 5.57. The van der Waals surface area contributed by atoms with E-state index in [9.17, 15) is 10.1 Å². The van der Waals surface area contributed by atoms with Gasteiger partial charge in [-0.3, -0.25) is 4.79 Å². The molecular weight excluding hydrogens is 427 g/mol. The second kappa shape index (κ2) is 8.09. The number of amides is 1. The standard InChI is InChI=1S/C18H15BrCl2N2O2/c1-11(25-16-7-6-14(20)9-15(16)21)17(24)23-18(2,10-22)12-4-3-5-13(19)8-12/h3-9,11H,1-2H3,(H,23,24). The van der Waals surface area contributed by atoms with Crippen molar-refractivity contribution in [2.75, 3.05) is 0 Å². The topological polar surface area (TPSA) is 62.1 Å². The Morgan fingerprint density at radius 3 is 2.64 bits per heavy atom. The van der Waals surface area contributed by atoms with E-state index < -0.39 is 17.6 Å². The fourth-order valence-electron chi connectivity index (χ4n) is 2.13. The van der Waals surface area contributed by atoms with E-state index in [0.717, 1.165) is 4.47 Å². The number of rotatable bonds is 5. The van der Waals surface area contributed by atoms with E-state index in [1.807, 2.05) is 6.07 Å². The quantitative estimate of drug-likeness (QED) is 0.703. The average molecular weight is 442 g/mol. The van der Waals surface area contributed by atoms with Crippen LogP contribution < -0.4 is 10.1 Å². The number of benzene rings is 2. The van der Waals surface area contributed by atoms with Gasteiger partial charge in [0, 0.05) is 9.50 Å². The Labute approximate surface area is 164 Å². The van der Waals surface area contributed by atoms with Crippen LogP contribution in [0.1, 0.15) is 19.4 Å². The molecule has 2 unspecified atom stereocenters. The summed E-state index contributed by atoms with van der Waals surface area (Å²) < 4.78 is 6.41. The lowest BCUT2D eigenvalue weighted by Gasteiger charge is -2.26. The molecule has 130 valence electrons. The van der Waals surface area contributed by atoms with Gasteiger partial charge in [0.05, 0.1) is 11.1 Å². The maximum Gasteiger partial charge on any atom is 0.262 e. The van der Waals surface area contributed by atoms with Gasteiger partial charge in [-0.15, -0.1) is 0 Å². The fourth-order valence-corrected chi connectivity index (χ4v) is 2.98. The number of hydrogen-bond donors (Lipinski definition) is 1. The van der Waals surface area contributed by atoms with E-state index in [4.69, 9.17) is 27.9 Å². The normalized spacial score (nSPS) is 14.1. The number of nitrogens with one attached hydrogen (secondary N) is 1. The number of halogens is 3. The Bertz CT molecular complexity index is 838. The first kappa shape index (κ1) is 19.6. The molecule has 2 aromatic rings. The molecule has 7 heteroatoms. The third kappa shape index (κ3) is 4.88. The average Bonchev–Trinajstić information content (AvgIpc) is 2.57. The molecule has 0 saturated carbocycles. The van der Waals surface area contributed by atoms with Crippen molar-refractivity contribution in [2.24, 2.45) is 0 Å². The first-order chi connectivity index (χ1) is 11.7. The van der Waals surface area contributed by atoms with Gasteiger partial charge in [0.15, 0.2) is 6.10 Å². The van der Waals surface area contributed by atoms with Crippen LogP contribution in [0.5, 0.6) is 5.75 Å². The summed E-state index contributed by atoms with van der Waals surface area (Å²) in [6.45, 7) is 3.22. The molecule has 1 amide bonds. The summed E-state index contributed by atoms with van der Waals surface area (Å²) >= 11 is 15.3. The molecule has 0 saturated heterocycles. The fraction of sp³-hybridized carbons (Fsp3) is 0.222. The number of nitrogens with zero attached hydrogens (tertiary/aromatic N) is 1. The maximum atomic E-state index is 12.5. The van der Waals surface area contributed by atoms with Gasteiger partial charge in [-0.05, 0) is 49.7 Å². The highest BCUT2D eigenvalue weighted by molar-refractivity contribution is 9.10. The van der Waals surface area contributed by atoms with Gasteiger partial charge in [-0.25, -0.2) is 0 Å². The lowest BCUT2D eigenvalue weighted by atomic mass is 9.93. The summed E-state index contributed by atoms with van der Waals surface area (Å²) in [6.07, 6.45) is -0.849. The molecule has 0 radical (unpaired) electrons. The van der Waals surface area contributed by atoms with Crippen LogP contribution >= 0.6 is 39.1 Å². The third-order valence-corrected chi connectivity index (χ3v) is 4.59. The Morgan fingerprint density at radius 1 is 1.32 bits per heavy atom. The monoisotopic (exact) mass is 440 g/mol. The number of carbonyl (C=O) groups is 1. The summed E-state index contributed by atoms with van der Waals surface area (Å²) in [5.41, 5.74) is -0.531. The van der Waals surface area contributed by atoms with Crippen molar-refractivity contribution in [1.29, 1.82) is 5.26 Å². The van der Waals surface area contributed by atoms with Crippen LogP contribution in [0.4, 0.5) is 0 Å². The summed E-state index contributed by atoms with van der Waals surface area (Å²) in [4.78, 5) is 12.5. The van der Waals surface area contributed by atoms with Crippen LogP contribution in [0, 0.1) is 11.3 Å². The first-order valence-electron chi connectivity index (χ1n) is 7.36. The minimum atomic E-state index is -1.19. The van der Waals surface area contributed by atoms with Crippen molar-refractivity contribution in [3.63, 3.8) is 0 Å². The van der Waals surface area contributed by atoms with Gasteiger partial charge >= 0.3 is 0 Å². The van der Waals surface area contributed by atoms with Gasteiger partial charge < -0.3 is 10.1 Å². The molecule has 0 aliphatic carbocycles. The van der Waals surface area contributed by atoms with Crippen molar-refractivity contribution >= 4 is 45.0 Å². The van der Waals surface area contributed by atoms with E-state index in [0.29, 0.717) is 21.4 Å². The number of nitriles is 1. The zero-order valence-electron chi connectivity index (χ0n) is 13.5. The Morgan fingerprint density at radius 2 is 2.04 bits per heavy atom. The molecular formula is C18H15BrCl2N2O2. The van der Waals surface area contributed by atoms with Crippen molar-refractivity contribution < 1.29 is 9.53 Å². The summed E-state index contributed by atoms with van der Waals surface area (Å²) in [5, 5.41) is 13.1. The predicted octanol–water partition coefficient (Wildman–Crippen LogP) is 5.08. The van der Waals surface area contributed by atoms with Crippen molar-refractivity contribution in [1.82, 2.24) is 5.32 Å². The third-order valence-electron chi connectivity index (χ3n) is 3.57. The highest BCUT2D eigenvalue weighted by Crippen LogP contribution is 2.29. The van der Waals surface area contributed by atoms with E-state index in [1.54, 1.807) is 44.2 Å². The van der Waals surface area contributed by atoms with E-state index in [-0.39, 0.29) is 0 Å². The molecule has 0 heterocycles. The molecule has 2 aromatic carbocycles. The van der Waals surface area contributed by atoms with Gasteiger partial charge in [0.25, 0.3) is 5.91 Å². The van der Waals surface area contributed by atoms with Crippen LogP contribution in [0.25, 0.3) is 0 Å². The number of ether oxygens (including phenoxy) is 1. The van der Waals surface area contributed by atoms with Crippen molar-refractivity contribution in [3.05, 3.63) is 62.5 Å². The highest BCUT2D eigenvalue weighted by atomic mass is 79.9. The molecule has 1 N–H and O–H groups in total. The summed E-state index contributed by atoms with van der Waals surface area (Å²) in [5.74, 6) is -0.0927. The zero-order chi connectivity index (χ0) is 18.6. The van der Waals surface area contributed by atoms with Gasteiger partial charge in [0.2, 0.25) is 0 Å². The maximum absolute atomic E-state index is 12.5. The molecule has 0 bridgehead atoms. The molecule has 0 aliphatic rings. The lowest BCUT2D eigenvalue weighted by Crippen LogP contribution is -2.47. The molecule has 2 rings (SSSR count). The summed E-state index contributed by atoms with van der Waals surface area (Å²) in [7, 11) is 0. The van der Waals surface area contributed by atoms with Crippen molar-refractivity contribution in [3.8, 4) is 11.8 Å². The molecule has 0 aromatic heterocycles. The van der Waals surface area contributed by atoms with Crippen LogP contribution in [0.2, 0.25) is 10.0 Å². The highest BCUT2D eigenvalue weighted by Gasteiger charge is 2.31. The minimum absolute atomic E-state index is 0.308. The molecule has 0 spiro atoms. The Kier molecular flexibility index (Phi) is 6.34. The van der Waals surface area contributed by atoms with E-state index in [1.165, 1.54) is 6.07 Å². The minimum Gasteiger partial charge on any atom is -0.479 e. The number of carbonyl (C=O) groups excluding carboxylic acids is 1. The van der Waals surface area contributed by atoms with E-state index in [2.05, 4.69) is 27.3 Å². The van der Waals surface area contributed by atoms with Crippen molar-refractivity contribution in [2.45, 2.75) is 25.5 Å². The first-order valence-corrected chi connectivity index (χ1v) is 8.91. The van der Waals surface area contributed by atoms with Crippen LogP contribution in [-0.4, -0.2) is 12.0 Å². The predicted molar refractivity (Wildman–Crippen MR) is 102 cm³/mol.